The minimum atomic E-state index is -1.09. The van der Waals surface area contributed by atoms with Crippen LogP contribution in [0.25, 0.3) is 0 Å². The maximum Gasteiger partial charge on any atom is 0.358 e. The molecule has 1 aromatic carbocycles. The summed E-state index contributed by atoms with van der Waals surface area (Å²) >= 11 is 0. The van der Waals surface area contributed by atoms with Crippen LogP contribution >= 0.6 is 0 Å². The Hall–Kier alpha value is -2.70. The molecule has 0 radical (unpaired) electrons. The van der Waals surface area contributed by atoms with E-state index in [1.54, 1.807) is 0 Å². The third-order valence-corrected chi connectivity index (χ3v) is 4.95. The molecule has 0 saturated carbocycles. The molecule has 2 aliphatic heterocycles. The third kappa shape index (κ3) is 2.55. The molecule has 2 aromatic rings. The molecule has 124 valence electrons. The summed E-state index contributed by atoms with van der Waals surface area (Å²) in [4.78, 5) is 25.3. The van der Waals surface area contributed by atoms with Crippen LogP contribution in [0.3, 0.4) is 0 Å². The van der Waals surface area contributed by atoms with Crippen molar-refractivity contribution in [1.29, 1.82) is 0 Å². The van der Waals surface area contributed by atoms with Crippen molar-refractivity contribution in [2.45, 2.75) is 37.8 Å². The summed E-state index contributed by atoms with van der Waals surface area (Å²) in [7, 11) is 0. The van der Waals surface area contributed by atoms with Gasteiger partial charge >= 0.3 is 5.97 Å². The number of amides is 1. The SMILES string of the molecule is O=C(O)c1cn(Cc2ccc(C3CC4CCCN4C3=O)cc2)nn1. The number of aromatic carboxylic acids is 1. The Morgan fingerprint density at radius 1 is 1.29 bits per heavy atom. The van der Waals surface area contributed by atoms with Crippen molar-refractivity contribution in [1.82, 2.24) is 19.9 Å². The van der Waals surface area contributed by atoms with Crippen molar-refractivity contribution in [2.24, 2.45) is 0 Å². The monoisotopic (exact) mass is 326 g/mol. The first-order valence-electron chi connectivity index (χ1n) is 8.14. The smallest absolute Gasteiger partial charge is 0.358 e. The molecule has 1 amide bonds. The van der Waals surface area contributed by atoms with Crippen LogP contribution in [0.5, 0.6) is 0 Å². The summed E-state index contributed by atoms with van der Waals surface area (Å²) < 4.78 is 1.50. The van der Waals surface area contributed by atoms with E-state index < -0.39 is 5.97 Å². The van der Waals surface area contributed by atoms with E-state index in [2.05, 4.69) is 10.3 Å². The van der Waals surface area contributed by atoms with Crippen molar-refractivity contribution in [2.75, 3.05) is 6.54 Å². The van der Waals surface area contributed by atoms with Gasteiger partial charge in [0.2, 0.25) is 5.91 Å². The molecule has 2 fully saturated rings. The highest BCUT2D eigenvalue weighted by Gasteiger charge is 2.42. The second-order valence-corrected chi connectivity index (χ2v) is 6.46. The lowest BCUT2D eigenvalue weighted by Gasteiger charge is -2.14. The van der Waals surface area contributed by atoms with Gasteiger partial charge in [0.15, 0.2) is 5.69 Å². The number of benzene rings is 1. The molecule has 1 N–H and O–H groups in total. The Balaban J connectivity index is 1.46. The molecule has 7 nitrogen and oxygen atoms in total. The second kappa shape index (κ2) is 5.74. The Labute approximate surface area is 138 Å². The molecule has 2 aliphatic rings. The Morgan fingerprint density at radius 2 is 2.08 bits per heavy atom. The highest BCUT2D eigenvalue weighted by Crippen LogP contribution is 2.38. The number of rotatable bonds is 4. The first kappa shape index (κ1) is 14.9. The van der Waals surface area contributed by atoms with E-state index in [4.69, 9.17) is 5.11 Å². The molecule has 0 bridgehead atoms. The minimum absolute atomic E-state index is 0.0191. The number of carboxylic acids is 1. The molecule has 2 saturated heterocycles. The Kier molecular flexibility index (Phi) is 3.55. The van der Waals surface area contributed by atoms with Crippen LogP contribution < -0.4 is 0 Å². The quantitative estimate of drug-likeness (QED) is 0.920. The number of hydrogen-bond acceptors (Lipinski definition) is 4. The van der Waals surface area contributed by atoms with Crippen molar-refractivity contribution in [3.8, 4) is 0 Å². The van der Waals surface area contributed by atoms with Crippen LogP contribution in [0.15, 0.2) is 30.5 Å². The summed E-state index contributed by atoms with van der Waals surface area (Å²) in [6.45, 7) is 1.35. The number of hydrogen-bond donors (Lipinski definition) is 1. The molecule has 24 heavy (non-hydrogen) atoms. The van der Waals surface area contributed by atoms with Gasteiger partial charge in [0.05, 0.1) is 18.7 Å². The molecule has 3 heterocycles. The first-order chi connectivity index (χ1) is 11.6. The fourth-order valence-electron chi connectivity index (χ4n) is 3.74. The van der Waals surface area contributed by atoms with Crippen LogP contribution in [-0.2, 0) is 11.3 Å². The van der Waals surface area contributed by atoms with Crippen LogP contribution in [0, 0.1) is 0 Å². The van der Waals surface area contributed by atoms with Gasteiger partial charge < -0.3 is 10.0 Å². The highest BCUT2D eigenvalue weighted by atomic mass is 16.4. The average molecular weight is 326 g/mol. The van der Waals surface area contributed by atoms with E-state index in [-0.39, 0.29) is 17.5 Å². The summed E-state index contributed by atoms with van der Waals surface area (Å²) in [5.74, 6) is -0.848. The predicted molar refractivity (Wildman–Crippen MR) is 84.6 cm³/mol. The van der Waals surface area contributed by atoms with Crippen molar-refractivity contribution >= 4 is 11.9 Å². The second-order valence-electron chi connectivity index (χ2n) is 6.46. The van der Waals surface area contributed by atoms with E-state index in [0.29, 0.717) is 12.6 Å². The maximum absolute atomic E-state index is 12.5. The predicted octanol–water partition coefficient (Wildman–Crippen LogP) is 1.50. The summed E-state index contributed by atoms with van der Waals surface area (Å²) in [5, 5.41) is 16.3. The lowest BCUT2D eigenvalue weighted by Crippen LogP contribution is -2.28. The lowest BCUT2D eigenvalue weighted by atomic mass is 9.94. The zero-order valence-electron chi connectivity index (χ0n) is 13.1. The number of carbonyl (C=O) groups excluding carboxylic acids is 1. The molecule has 0 aliphatic carbocycles. The average Bonchev–Trinajstić information content (AvgIpc) is 3.27. The van der Waals surface area contributed by atoms with Crippen molar-refractivity contribution in [3.63, 3.8) is 0 Å². The molecule has 0 spiro atoms. The van der Waals surface area contributed by atoms with E-state index >= 15 is 0 Å². The normalized spacial score (nSPS) is 22.8. The molecule has 1 aromatic heterocycles. The van der Waals surface area contributed by atoms with Gasteiger partial charge in [-0.1, -0.05) is 29.5 Å². The van der Waals surface area contributed by atoms with Gasteiger partial charge in [-0.05, 0) is 30.4 Å². The lowest BCUT2D eigenvalue weighted by molar-refractivity contribution is -0.129. The molecular formula is C17H18N4O3. The largest absolute Gasteiger partial charge is 0.476 e. The molecule has 4 rings (SSSR count). The zero-order chi connectivity index (χ0) is 16.7. The topological polar surface area (TPSA) is 88.3 Å². The summed E-state index contributed by atoms with van der Waals surface area (Å²) in [6.07, 6.45) is 4.57. The zero-order valence-corrected chi connectivity index (χ0v) is 13.1. The Morgan fingerprint density at radius 3 is 2.75 bits per heavy atom. The van der Waals surface area contributed by atoms with Gasteiger partial charge in [0, 0.05) is 12.6 Å². The number of carbonyl (C=O) groups is 2. The van der Waals surface area contributed by atoms with E-state index in [9.17, 15) is 9.59 Å². The van der Waals surface area contributed by atoms with Crippen molar-refractivity contribution < 1.29 is 14.7 Å². The molecule has 7 heteroatoms. The molecular weight excluding hydrogens is 308 g/mol. The Bertz CT molecular complexity index is 783. The van der Waals surface area contributed by atoms with Crippen LogP contribution in [0.1, 0.15) is 46.8 Å². The fraction of sp³-hybridized carbons (Fsp3) is 0.412. The van der Waals surface area contributed by atoms with E-state index in [0.717, 1.165) is 36.9 Å². The number of aromatic nitrogens is 3. The minimum Gasteiger partial charge on any atom is -0.476 e. The first-order valence-corrected chi connectivity index (χ1v) is 8.14. The van der Waals surface area contributed by atoms with Crippen LogP contribution in [0.2, 0.25) is 0 Å². The van der Waals surface area contributed by atoms with Gasteiger partial charge in [-0.15, -0.1) is 5.10 Å². The van der Waals surface area contributed by atoms with Crippen LogP contribution in [-0.4, -0.2) is 49.5 Å². The van der Waals surface area contributed by atoms with Crippen LogP contribution in [0.4, 0.5) is 0 Å². The van der Waals surface area contributed by atoms with Gasteiger partial charge in [0.1, 0.15) is 0 Å². The number of nitrogens with zero attached hydrogens (tertiary/aromatic N) is 4. The summed E-state index contributed by atoms with van der Waals surface area (Å²) in [6, 6.07) is 8.35. The number of fused-ring (bicyclic) bond motifs is 1. The summed E-state index contributed by atoms with van der Waals surface area (Å²) in [5.41, 5.74) is 1.98. The van der Waals surface area contributed by atoms with Gasteiger partial charge in [-0.2, -0.15) is 0 Å². The van der Waals surface area contributed by atoms with Gasteiger partial charge in [0.25, 0.3) is 0 Å². The molecule has 2 unspecified atom stereocenters. The van der Waals surface area contributed by atoms with Gasteiger partial charge in [-0.25, -0.2) is 9.48 Å². The highest BCUT2D eigenvalue weighted by molar-refractivity contribution is 5.86. The van der Waals surface area contributed by atoms with E-state index in [1.165, 1.54) is 10.9 Å². The molecule has 2 atom stereocenters. The van der Waals surface area contributed by atoms with E-state index in [1.807, 2.05) is 29.2 Å². The fourth-order valence-corrected chi connectivity index (χ4v) is 3.74. The van der Waals surface area contributed by atoms with Gasteiger partial charge in [-0.3, -0.25) is 4.79 Å². The van der Waals surface area contributed by atoms with Crippen molar-refractivity contribution in [3.05, 3.63) is 47.3 Å². The standard InChI is InChI=1S/C17H18N4O3/c22-16-14(8-13-2-1-7-21(13)16)12-5-3-11(4-6-12)9-20-10-15(17(23)24)18-19-20/h3-6,10,13-14H,1-2,7-9H2,(H,23,24). The third-order valence-electron chi connectivity index (χ3n) is 4.95. The maximum atomic E-state index is 12.5. The number of carboxylic acid groups (broad SMARTS) is 1.